The summed E-state index contributed by atoms with van der Waals surface area (Å²) < 4.78 is 56.1. The lowest BCUT2D eigenvalue weighted by molar-refractivity contribution is 0.366. The Morgan fingerprint density at radius 3 is 2.57 bits per heavy atom. The molecule has 21 heavy (non-hydrogen) atoms. The first kappa shape index (κ1) is 13.8. The molecule has 0 fully saturated rings. The molecule has 0 aliphatic carbocycles. The standard InChI is InChI=1S/C15H10F2O3S/c16-11-3-1-4-12(7-11)20-8-10-9-21(18,19)14-6-2-5-13(17)15(10)14/h1-7,9H,8H2. The van der Waals surface area contributed by atoms with Crippen molar-refractivity contribution < 1.29 is 21.9 Å². The van der Waals surface area contributed by atoms with Crippen LogP contribution in [0, 0.1) is 11.6 Å². The maximum absolute atomic E-state index is 13.9. The highest BCUT2D eigenvalue weighted by Crippen LogP contribution is 2.35. The molecule has 0 bridgehead atoms. The first-order valence-corrected chi connectivity index (χ1v) is 7.65. The lowest BCUT2D eigenvalue weighted by atomic mass is 10.1. The quantitative estimate of drug-likeness (QED) is 0.874. The van der Waals surface area contributed by atoms with Crippen LogP contribution in [0.4, 0.5) is 8.78 Å². The van der Waals surface area contributed by atoms with Crippen molar-refractivity contribution in [1.29, 1.82) is 0 Å². The van der Waals surface area contributed by atoms with Gasteiger partial charge in [0.25, 0.3) is 0 Å². The maximum Gasteiger partial charge on any atom is 0.200 e. The molecule has 1 heterocycles. The Balaban J connectivity index is 1.91. The van der Waals surface area contributed by atoms with E-state index >= 15 is 0 Å². The molecule has 1 aliphatic rings. The zero-order chi connectivity index (χ0) is 15.0. The highest BCUT2D eigenvalue weighted by atomic mass is 32.2. The number of halogens is 2. The third kappa shape index (κ3) is 2.54. The van der Waals surface area contributed by atoms with Crippen LogP contribution in [0.15, 0.2) is 52.8 Å². The van der Waals surface area contributed by atoms with Crippen molar-refractivity contribution >= 4 is 15.4 Å². The zero-order valence-corrected chi connectivity index (χ0v) is 11.5. The predicted octanol–water partition coefficient (Wildman–Crippen LogP) is 3.17. The highest BCUT2D eigenvalue weighted by molar-refractivity contribution is 7.95. The second-order valence-corrected chi connectivity index (χ2v) is 6.31. The largest absolute Gasteiger partial charge is 0.489 e. The van der Waals surface area contributed by atoms with Crippen LogP contribution in [0.1, 0.15) is 5.56 Å². The lowest BCUT2D eigenvalue weighted by Crippen LogP contribution is -2.01. The van der Waals surface area contributed by atoms with Crippen LogP contribution in [0.3, 0.4) is 0 Å². The van der Waals surface area contributed by atoms with Gasteiger partial charge < -0.3 is 4.74 Å². The van der Waals surface area contributed by atoms with Crippen molar-refractivity contribution in [2.75, 3.05) is 6.61 Å². The second kappa shape index (κ2) is 4.96. The molecule has 0 unspecified atom stereocenters. The van der Waals surface area contributed by atoms with E-state index in [9.17, 15) is 17.2 Å². The van der Waals surface area contributed by atoms with Crippen molar-refractivity contribution in [2.45, 2.75) is 4.90 Å². The second-order valence-electron chi connectivity index (χ2n) is 4.55. The number of benzene rings is 2. The molecule has 6 heteroatoms. The predicted molar refractivity (Wildman–Crippen MR) is 73.5 cm³/mol. The van der Waals surface area contributed by atoms with Gasteiger partial charge in [-0.15, -0.1) is 0 Å². The van der Waals surface area contributed by atoms with E-state index < -0.39 is 21.5 Å². The Morgan fingerprint density at radius 2 is 1.81 bits per heavy atom. The molecule has 2 aromatic rings. The van der Waals surface area contributed by atoms with E-state index in [0.29, 0.717) is 0 Å². The summed E-state index contributed by atoms with van der Waals surface area (Å²) in [6.07, 6.45) is 0. The first-order valence-electron chi connectivity index (χ1n) is 6.10. The van der Waals surface area contributed by atoms with E-state index in [0.717, 1.165) is 5.41 Å². The topological polar surface area (TPSA) is 43.4 Å². The summed E-state index contributed by atoms with van der Waals surface area (Å²) in [4.78, 5) is -0.0691. The summed E-state index contributed by atoms with van der Waals surface area (Å²) in [5.74, 6) is -0.840. The normalized spacial score (nSPS) is 15.4. The average Bonchev–Trinajstić information content (AvgIpc) is 2.69. The Labute approximate surface area is 120 Å². The minimum absolute atomic E-state index is 0.0221. The van der Waals surface area contributed by atoms with Gasteiger partial charge in [0.2, 0.25) is 9.84 Å². The molecule has 2 aromatic carbocycles. The maximum atomic E-state index is 13.9. The molecule has 0 saturated heterocycles. The van der Waals surface area contributed by atoms with Crippen LogP contribution in [-0.4, -0.2) is 15.0 Å². The smallest absolute Gasteiger partial charge is 0.200 e. The van der Waals surface area contributed by atoms with Gasteiger partial charge in [-0.1, -0.05) is 12.1 Å². The van der Waals surface area contributed by atoms with Crippen LogP contribution < -0.4 is 4.74 Å². The molecule has 0 N–H and O–H groups in total. The van der Waals surface area contributed by atoms with Crippen molar-refractivity contribution in [3.8, 4) is 5.75 Å². The zero-order valence-electron chi connectivity index (χ0n) is 10.7. The van der Waals surface area contributed by atoms with E-state index in [4.69, 9.17) is 4.74 Å². The van der Waals surface area contributed by atoms with Crippen molar-refractivity contribution in [1.82, 2.24) is 0 Å². The van der Waals surface area contributed by atoms with Crippen LogP contribution in [0.25, 0.3) is 5.57 Å². The number of hydrogen-bond acceptors (Lipinski definition) is 3. The van der Waals surface area contributed by atoms with Crippen molar-refractivity contribution in [3.05, 3.63) is 65.1 Å². The van der Waals surface area contributed by atoms with Gasteiger partial charge in [0.15, 0.2) is 0 Å². The van der Waals surface area contributed by atoms with E-state index in [1.165, 1.54) is 42.5 Å². The molecule has 0 atom stereocenters. The van der Waals surface area contributed by atoms with Gasteiger partial charge in [-0.3, -0.25) is 0 Å². The summed E-state index contributed by atoms with van der Waals surface area (Å²) >= 11 is 0. The van der Waals surface area contributed by atoms with Crippen LogP contribution in [0.5, 0.6) is 5.75 Å². The molecule has 3 rings (SSSR count). The van der Waals surface area contributed by atoms with Gasteiger partial charge in [-0.25, -0.2) is 17.2 Å². The first-order chi connectivity index (χ1) is 9.97. The van der Waals surface area contributed by atoms with Gasteiger partial charge in [0.05, 0.1) is 4.90 Å². The average molecular weight is 308 g/mol. The SMILES string of the molecule is O=S1(=O)C=C(COc2cccc(F)c2)c2c(F)cccc21. The molecule has 3 nitrogen and oxygen atoms in total. The van der Waals surface area contributed by atoms with Crippen molar-refractivity contribution in [3.63, 3.8) is 0 Å². The Morgan fingerprint density at radius 1 is 1.05 bits per heavy atom. The number of sulfone groups is 1. The Bertz CT molecular complexity index is 842. The molecule has 0 amide bonds. The Hall–Kier alpha value is -2.21. The molecule has 0 spiro atoms. The summed E-state index contributed by atoms with van der Waals surface area (Å²) in [6.45, 7) is -0.156. The van der Waals surface area contributed by atoms with Crippen LogP contribution in [-0.2, 0) is 9.84 Å². The molecule has 0 saturated carbocycles. The van der Waals surface area contributed by atoms with Crippen LogP contribution >= 0.6 is 0 Å². The van der Waals surface area contributed by atoms with Gasteiger partial charge in [0, 0.05) is 22.6 Å². The van der Waals surface area contributed by atoms with Gasteiger partial charge in [0.1, 0.15) is 24.0 Å². The van der Waals surface area contributed by atoms with Gasteiger partial charge in [-0.05, 0) is 24.3 Å². The van der Waals surface area contributed by atoms with Crippen molar-refractivity contribution in [2.24, 2.45) is 0 Å². The van der Waals surface area contributed by atoms with E-state index in [2.05, 4.69) is 0 Å². The number of hydrogen-bond donors (Lipinski definition) is 0. The summed E-state index contributed by atoms with van der Waals surface area (Å²) in [5, 5.41) is 0.986. The Kier molecular flexibility index (Phi) is 3.25. The fourth-order valence-electron chi connectivity index (χ4n) is 2.19. The van der Waals surface area contributed by atoms with E-state index in [1.807, 2.05) is 0 Å². The monoisotopic (exact) mass is 308 g/mol. The molecule has 1 aliphatic heterocycles. The number of ether oxygens (including phenoxy) is 1. The minimum atomic E-state index is -3.65. The fraction of sp³-hybridized carbons (Fsp3) is 0.0667. The van der Waals surface area contributed by atoms with E-state index in [1.54, 1.807) is 0 Å². The molecule has 108 valence electrons. The third-order valence-corrected chi connectivity index (χ3v) is 4.64. The molecule has 0 radical (unpaired) electrons. The molecular formula is C15H10F2O3S. The van der Waals surface area contributed by atoms with Gasteiger partial charge >= 0.3 is 0 Å². The van der Waals surface area contributed by atoms with E-state index in [-0.39, 0.29) is 28.4 Å². The fourth-order valence-corrected chi connectivity index (χ4v) is 3.66. The summed E-state index contributed by atoms with van der Waals surface area (Å²) in [6, 6.07) is 9.33. The minimum Gasteiger partial charge on any atom is -0.489 e. The third-order valence-electron chi connectivity index (χ3n) is 3.09. The highest BCUT2D eigenvalue weighted by Gasteiger charge is 2.29. The number of fused-ring (bicyclic) bond motifs is 1. The summed E-state index contributed by atoms with van der Waals surface area (Å²) in [5.41, 5.74) is 0.237. The molecule has 0 aromatic heterocycles. The van der Waals surface area contributed by atoms with Crippen LogP contribution in [0.2, 0.25) is 0 Å². The molecular weight excluding hydrogens is 298 g/mol. The van der Waals surface area contributed by atoms with Gasteiger partial charge in [-0.2, -0.15) is 0 Å². The number of rotatable bonds is 3. The lowest BCUT2D eigenvalue weighted by Gasteiger charge is -2.08. The summed E-state index contributed by atoms with van der Waals surface area (Å²) in [7, 11) is -3.65.